The molecule has 0 fully saturated rings. The largest absolute Gasteiger partial charge is 0.508 e. The van der Waals surface area contributed by atoms with Crippen LogP contribution in [0.1, 0.15) is 19.4 Å². The Kier molecular flexibility index (Phi) is 4.97. The maximum Gasteiger partial charge on any atom is 0.224 e. The van der Waals surface area contributed by atoms with E-state index in [9.17, 15) is 9.90 Å². The maximum absolute atomic E-state index is 11.7. The van der Waals surface area contributed by atoms with Crippen molar-refractivity contribution in [2.75, 3.05) is 6.61 Å². The van der Waals surface area contributed by atoms with Crippen LogP contribution in [-0.4, -0.2) is 28.8 Å². The monoisotopic (exact) mass is 237 g/mol. The van der Waals surface area contributed by atoms with Crippen molar-refractivity contribution in [3.63, 3.8) is 0 Å². The Morgan fingerprint density at radius 1 is 1.41 bits per heavy atom. The van der Waals surface area contributed by atoms with Crippen LogP contribution in [0, 0.1) is 5.92 Å². The molecule has 2 unspecified atom stereocenters. The van der Waals surface area contributed by atoms with E-state index in [4.69, 9.17) is 5.11 Å². The Balaban J connectivity index is 2.50. The van der Waals surface area contributed by atoms with Gasteiger partial charge in [-0.3, -0.25) is 4.79 Å². The third-order valence-corrected chi connectivity index (χ3v) is 2.81. The third-order valence-electron chi connectivity index (χ3n) is 2.81. The first-order chi connectivity index (χ1) is 8.02. The molecule has 0 bridgehead atoms. The number of aliphatic hydroxyl groups is 1. The van der Waals surface area contributed by atoms with E-state index in [1.165, 1.54) is 0 Å². The number of phenolic OH excluding ortho intramolecular Hbond substituents is 1. The van der Waals surface area contributed by atoms with E-state index < -0.39 is 0 Å². The SMILES string of the molecule is CC(CO)C(C)NC(=O)Cc1cccc(O)c1. The van der Waals surface area contributed by atoms with E-state index in [1.54, 1.807) is 24.3 Å². The molecule has 0 aromatic heterocycles. The average Bonchev–Trinajstić information content (AvgIpc) is 2.27. The number of amides is 1. The number of benzene rings is 1. The molecule has 0 spiro atoms. The minimum absolute atomic E-state index is 0.0307. The molecule has 4 nitrogen and oxygen atoms in total. The number of aromatic hydroxyl groups is 1. The molecule has 1 aromatic rings. The number of nitrogens with one attached hydrogen (secondary N) is 1. The van der Waals surface area contributed by atoms with E-state index in [1.807, 2.05) is 13.8 Å². The number of rotatable bonds is 5. The van der Waals surface area contributed by atoms with E-state index in [0.29, 0.717) is 0 Å². The molecule has 1 rings (SSSR count). The second-order valence-electron chi connectivity index (χ2n) is 4.36. The van der Waals surface area contributed by atoms with E-state index in [0.717, 1.165) is 5.56 Å². The highest BCUT2D eigenvalue weighted by molar-refractivity contribution is 5.78. The van der Waals surface area contributed by atoms with Gasteiger partial charge in [-0.15, -0.1) is 0 Å². The standard InChI is InChI=1S/C13H19NO3/c1-9(8-15)10(2)14-13(17)7-11-4-3-5-12(16)6-11/h3-6,9-10,15-16H,7-8H2,1-2H3,(H,14,17). The summed E-state index contributed by atoms with van der Waals surface area (Å²) in [4.78, 5) is 11.7. The molecule has 0 saturated heterocycles. The summed E-state index contributed by atoms with van der Waals surface area (Å²) in [5.41, 5.74) is 0.770. The zero-order valence-corrected chi connectivity index (χ0v) is 10.2. The van der Waals surface area contributed by atoms with Crippen molar-refractivity contribution in [1.82, 2.24) is 5.32 Å². The van der Waals surface area contributed by atoms with Crippen molar-refractivity contribution >= 4 is 5.91 Å². The summed E-state index contributed by atoms with van der Waals surface area (Å²) in [6.07, 6.45) is 0.233. The Hall–Kier alpha value is -1.55. The lowest BCUT2D eigenvalue weighted by atomic mass is 10.0. The fraction of sp³-hybridized carbons (Fsp3) is 0.462. The normalized spacial score (nSPS) is 14.1. The van der Waals surface area contributed by atoms with E-state index in [2.05, 4.69) is 5.32 Å². The summed E-state index contributed by atoms with van der Waals surface area (Å²) < 4.78 is 0. The van der Waals surface area contributed by atoms with Gasteiger partial charge in [-0.1, -0.05) is 19.1 Å². The molecule has 0 aliphatic rings. The molecular weight excluding hydrogens is 218 g/mol. The van der Waals surface area contributed by atoms with Crippen molar-refractivity contribution in [2.24, 2.45) is 5.92 Å². The molecule has 1 amide bonds. The molecule has 1 aromatic carbocycles. The van der Waals surface area contributed by atoms with Crippen LogP contribution < -0.4 is 5.32 Å². The first-order valence-electron chi connectivity index (χ1n) is 5.71. The molecule has 0 radical (unpaired) electrons. The minimum Gasteiger partial charge on any atom is -0.508 e. The highest BCUT2D eigenvalue weighted by atomic mass is 16.3. The molecule has 94 valence electrons. The topological polar surface area (TPSA) is 69.6 Å². The molecule has 17 heavy (non-hydrogen) atoms. The number of phenols is 1. The van der Waals surface area contributed by atoms with Crippen LogP contribution in [0.3, 0.4) is 0 Å². The zero-order valence-electron chi connectivity index (χ0n) is 10.2. The molecule has 2 atom stereocenters. The van der Waals surface area contributed by atoms with Gasteiger partial charge in [-0.2, -0.15) is 0 Å². The first-order valence-corrected chi connectivity index (χ1v) is 5.71. The van der Waals surface area contributed by atoms with Gasteiger partial charge in [-0.25, -0.2) is 0 Å². The Bertz CT molecular complexity index is 379. The van der Waals surface area contributed by atoms with E-state index in [-0.39, 0.29) is 36.6 Å². The molecule has 4 heteroatoms. The van der Waals surface area contributed by atoms with Gasteiger partial charge in [0, 0.05) is 12.6 Å². The number of carbonyl (C=O) groups is 1. The summed E-state index contributed by atoms with van der Waals surface area (Å²) in [5, 5.41) is 21.0. The van der Waals surface area contributed by atoms with Crippen LogP contribution in [0.2, 0.25) is 0 Å². The maximum atomic E-state index is 11.7. The summed E-state index contributed by atoms with van der Waals surface area (Å²) in [7, 11) is 0. The lowest BCUT2D eigenvalue weighted by Crippen LogP contribution is -2.39. The number of hydrogen-bond acceptors (Lipinski definition) is 3. The van der Waals surface area contributed by atoms with Gasteiger partial charge in [-0.05, 0) is 30.5 Å². The Morgan fingerprint density at radius 3 is 2.71 bits per heavy atom. The lowest BCUT2D eigenvalue weighted by molar-refractivity contribution is -0.121. The van der Waals surface area contributed by atoms with E-state index >= 15 is 0 Å². The van der Waals surface area contributed by atoms with Crippen molar-refractivity contribution in [1.29, 1.82) is 0 Å². The average molecular weight is 237 g/mol. The van der Waals surface area contributed by atoms with Gasteiger partial charge in [0.05, 0.1) is 6.42 Å². The van der Waals surface area contributed by atoms with Crippen LogP contribution in [0.25, 0.3) is 0 Å². The van der Waals surface area contributed by atoms with Crippen molar-refractivity contribution in [2.45, 2.75) is 26.3 Å². The summed E-state index contributed by atoms with van der Waals surface area (Å²) in [6, 6.07) is 6.57. The second-order valence-corrected chi connectivity index (χ2v) is 4.36. The molecule has 3 N–H and O–H groups in total. The van der Waals surface area contributed by atoms with Gasteiger partial charge in [0.25, 0.3) is 0 Å². The van der Waals surface area contributed by atoms with Crippen molar-refractivity contribution < 1.29 is 15.0 Å². The number of hydrogen-bond donors (Lipinski definition) is 3. The van der Waals surface area contributed by atoms with Crippen LogP contribution >= 0.6 is 0 Å². The van der Waals surface area contributed by atoms with Crippen molar-refractivity contribution in [3.8, 4) is 5.75 Å². The highest BCUT2D eigenvalue weighted by Crippen LogP contribution is 2.11. The second kappa shape index (κ2) is 6.25. The van der Waals surface area contributed by atoms with Gasteiger partial charge < -0.3 is 15.5 Å². The van der Waals surface area contributed by atoms with Crippen LogP contribution in [0.4, 0.5) is 0 Å². The molecule has 0 aliphatic carbocycles. The fourth-order valence-corrected chi connectivity index (χ4v) is 1.46. The molecule has 0 aliphatic heterocycles. The number of carbonyl (C=O) groups excluding carboxylic acids is 1. The molecular formula is C13H19NO3. The summed E-state index contributed by atoms with van der Waals surface area (Å²) in [6.45, 7) is 3.79. The highest BCUT2D eigenvalue weighted by Gasteiger charge is 2.14. The predicted molar refractivity (Wildman–Crippen MR) is 65.7 cm³/mol. The number of aliphatic hydroxyl groups excluding tert-OH is 1. The minimum atomic E-state index is -0.108. The predicted octanol–water partition coefficient (Wildman–Crippen LogP) is 1.07. The lowest BCUT2D eigenvalue weighted by Gasteiger charge is -2.19. The quantitative estimate of drug-likeness (QED) is 0.717. The molecule has 0 saturated carbocycles. The molecule has 0 heterocycles. The third kappa shape index (κ3) is 4.44. The van der Waals surface area contributed by atoms with Gasteiger partial charge in [0.1, 0.15) is 5.75 Å². The van der Waals surface area contributed by atoms with Gasteiger partial charge in [0.15, 0.2) is 0 Å². The zero-order chi connectivity index (χ0) is 12.8. The fourth-order valence-electron chi connectivity index (χ4n) is 1.46. The Morgan fingerprint density at radius 2 is 2.12 bits per heavy atom. The van der Waals surface area contributed by atoms with Gasteiger partial charge >= 0.3 is 0 Å². The first kappa shape index (κ1) is 13.5. The van der Waals surface area contributed by atoms with Crippen LogP contribution in [0.15, 0.2) is 24.3 Å². The van der Waals surface area contributed by atoms with Gasteiger partial charge in [0.2, 0.25) is 5.91 Å². The summed E-state index contributed by atoms with van der Waals surface area (Å²) >= 11 is 0. The van der Waals surface area contributed by atoms with Crippen molar-refractivity contribution in [3.05, 3.63) is 29.8 Å². The van der Waals surface area contributed by atoms with Crippen LogP contribution in [0.5, 0.6) is 5.75 Å². The summed E-state index contributed by atoms with van der Waals surface area (Å²) in [5.74, 6) is 0.0820. The Labute approximate surface area is 101 Å². The van der Waals surface area contributed by atoms with Crippen LogP contribution in [-0.2, 0) is 11.2 Å². The smallest absolute Gasteiger partial charge is 0.224 e.